The molecule has 29 heavy (non-hydrogen) atoms. The van der Waals surface area contributed by atoms with Crippen molar-refractivity contribution in [3.63, 3.8) is 0 Å². The number of hydrogen-bond acceptors (Lipinski definition) is 3. The van der Waals surface area contributed by atoms with Gasteiger partial charge in [-0.1, -0.05) is 23.7 Å². The Kier molecular flexibility index (Phi) is 6.59. The Balaban J connectivity index is 2.01. The van der Waals surface area contributed by atoms with Crippen LogP contribution in [0.25, 0.3) is 10.9 Å². The van der Waals surface area contributed by atoms with Crippen LogP contribution in [0.1, 0.15) is 32.6 Å². The number of carbonyl (C=O) groups is 1. The maximum absolute atomic E-state index is 13.0. The quantitative estimate of drug-likeness (QED) is 0.531. The Bertz CT molecular complexity index is 1120. The van der Waals surface area contributed by atoms with Crippen LogP contribution >= 0.6 is 27.5 Å². The van der Waals surface area contributed by atoms with E-state index in [1.165, 1.54) is 0 Å². The van der Waals surface area contributed by atoms with E-state index in [-0.39, 0.29) is 11.6 Å². The fourth-order valence-corrected chi connectivity index (χ4v) is 3.87. The van der Waals surface area contributed by atoms with E-state index >= 15 is 0 Å². The fraction of sp³-hybridized carbons (Fsp3) is 0.286. The van der Waals surface area contributed by atoms with E-state index in [4.69, 9.17) is 16.6 Å². The monoisotopic (exact) mass is 476 g/mol. The zero-order valence-corrected chi connectivity index (χ0v) is 18.8. The summed E-state index contributed by atoms with van der Waals surface area (Å²) in [6.07, 6.45) is 0. The number of rotatable bonds is 5. The highest BCUT2D eigenvalue weighted by Crippen LogP contribution is 2.25. The Labute approximate surface area is 182 Å². The Morgan fingerprint density at radius 1 is 1.28 bits per heavy atom. The van der Waals surface area contributed by atoms with Crippen molar-refractivity contribution >= 4 is 50.2 Å². The van der Waals surface area contributed by atoms with Crippen LogP contribution in [0.15, 0.2) is 51.7 Å². The Morgan fingerprint density at radius 3 is 2.66 bits per heavy atom. The molecule has 8 heteroatoms. The number of fused-ring (bicyclic) bond motifs is 1. The standard InChI is InChI=1S/C21H22BrClN4O2/c1-4-26(21(29)25-18-9-7-6-8-16(18)22)13(3)19-24-17-11-10-14(23)12-15(17)20(28)27(19)5-2/h6-13H,4-5H2,1-3H3,(H,25,29). The van der Waals surface area contributed by atoms with Gasteiger partial charge in [-0.15, -0.1) is 0 Å². The molecule has 2 aromatic carbocycles. The largest absolute Gasteiger partial charge is 0.322 e. The topological polar surface area (TPSA) is 67.2 Å². The molecule has 0 spiro atoms. The maximum atomic E-state index is 13.0. The average molecular weight is 478 g/mol. The lowest BCUT2D eigenvalue weighted by atomic mass is 10.2. The molecule has 1 aromatic heterocycles. The van der Waals surface area contributed by atoms with Crippen molar-refractivity contribution < 1.29 is 4.79 Å². The number of anilines is 1. The third kappa shape index (κ3) is 4.31. The van der Waals surface area contributed by atoms with Crippen molar-refractivity contribution in [2.75, 3.05) is 11.9 Å². The summed E-state index contributed by atoms with van der Waals surface area (Å²) in [5.41, 5.74) is 1.08. The molecule has 1 atom stereocenters. The van der Waals surface area contributed by atoms with Crippen LogP contribution in [0.3, 0.4) is 0 Å². The first-order chi connectivity index (χ1) is 13.9. The van der Waals surface area contributed by atoms with Crippen molar-refractivity contribution in [2.45, 2.75) is 33.4 Å². The van der Waals surface area contributed by atoms with E-state index in [0.29, 0.717) is 40.5 Å². The minimum Gasteiger partial charge on any atom is -0.315 e. The minimum atomic E-state index is -0.407. The molecule has 0 saturated heterocycles. The van der Waals surface area contributed by atoms with Gasteiger partial charge in [-0.25, -0.2) is 9.78 Å². The second-order valence-electron chi connectivity index (χ2n) is 6.55. The molecule has 0 aliphatic heterocycles. The summed E-state index contributed by atoms with van der Waals surface area (Å²) in [5.74, 6) is 0.538. The highest BCUT2D eigenvalue weighted by Gasteiger charge is 2.25. The zero-order chi connectivity index (χ0) is 21.1. The molecular formula is C21H22BrClN4O2. The number of hydrogen-bond donors (Lipinski definition) is 1. The lowest BCUT2D eigenvalue weighted by Crippen LogP contribution is -2.40. The SMILES string of the molecule is CCN(C(=O)Nc1ccccc1Br)C(C)c1nc2ccc(Cl)cc2c(=O)n1CC. The summed E-state index contributed by atoms with van der Waals surface area (Å²) in [4.78, 5) is 32.3. The number of amides is 2. The van der Waals surface area contributed by atoms with Crippen molar-refractivity contribution in [1.29, 1.82) is 0 Å². The number of halogens is 2. The normalized spacial score (nSPS) is 12.0. The van der Waals surface area contributed by atoms with Crippen molar-refractivity contribution in [1.82, 2.24) is 14.5 Å². The summed E-state index contributed by atoms with van der Waals surface area (Å²) in [6.45, 7) is 6.55. The van der Waals surface area contributed by atoms with Gasteiger partial charge in [0, 0.05) is 22.6 Å². The highest BCUT2D eigenvalue weighted by atomic mass is 79.9. The van der Waals surface area contributed by atoms with Gasteiger partial charge >= 0.3 is 6.03 Å². The van der Waals surface area contributed by atoms with E-state index < -0.39 is 6.04 Å². The summed E-state index contributed by atoms with van der Waals surface area (Å²) in [6, 6.07) is 11.8. The molecule has 1 N–H and O–H groups in total. The Hall–Kier alpha value is -2.38. The van der Waals surface area contributed by atoms with Crippen LogP contribution in [-0.2, 0) is 6.54 Å². The summed E-state index contributed by atoms with van der Waals surface area (Å²) >= 11 is 9.49. The van der Waals surface area contributed by atoms with Gasteiger partial charge < -0.3 is 10.2 Å². The maximum Gasteiger partial charge on any atom is 0.322 e. The van der Waals surface area contributed by atoms with Crippen LogP contribution in [0.5, 0.6) is 0 Å². The number of nitrogens with one attached hydrogen (secondary N) is 1. The van der Waals surface area contributed by atoms with E-state index in [1.807, 2.05) is 45.0 Å². The smallest absolute Gasteiger partial charge is 0.315 e. The molecule has 0 radical (unpaired) electrons. The highest BCUT2D eigenvalue weighted by molar-refractivity contribution is 9.10. The fourth-order valence-electron chi connectivity index (χ4n) is 3.32. The number of benzene rings is 2. The van der Waals surface area contributed by atoms with E-state index in [2.05, 4.69) is 21.2 Å². The van der Waals surface area contributed by atoms with Crippen molar-refractivity contribution in [2.24, 2.45) is 0 Å². The average Bonchev–Trinajstić information content (AvgIpc) is 2.70. The predicted molar refractivity (Wildman–Crippen MR) is 121 cm³/mol. The number of carbonyl (C=O) groups excluding carboxylic acids is 1. The lowest BCUT2D eigenvalue weighted by molar-refractivity contribution is 0.192. The zero-order valence-electron chi connectivity index (χ0n) is 16.4. The molecule has 0 saturated carbocycles. The molecule has 0 aliphatic rings. The molecule has 6 nitrogen and oxygen atoms in total. The molecule has 2 amide bonds. The second kappa shape index (κ2) is 8.97. The van der Waals surface area contributed by atoms with Gasteiger partial charge in [0.05, 0.1) is 22.6 Å². The van der Waals surface area contributed by atoms with Gasteiger partial charge in [0.2, 0.25) is 0 Å². The van der Waals surface area contributed by atoms with Gasteiger partial charge in [-0.2, -0.15) is 0 Å². The van der Waals surface area contributed by atoms with Gasteiger partial charge in [0.25, 0.3) is 5.56 Å². The van der Waals surface area contributed by atoms with Gasteiger partial charge in [0.15, 0.2) is 0 Å². The minimum absolute atomic E-state index is 0.163. The van der Waals surface area contributed by atoms with Crippen LogP contribution in [-0.4, -0.2) is 27.0 Å². The molecule has 0 fully saturated rings. The van der Waals surface area contributed by atoms with E-state index in [0.717, 1.165) is 4.47 Å². The van der Waals surface area contributed by atoms with Crippen LogP contribution < -0.4 is 10.9 Å². The number of nitrogens with zero attached hydrogens (tertiary/aromatic N) is 3. The van der Waals surface area contributed by atoms with E-state index in [1.54, 1.807) is 27.7 Å². The molecular weight excluding hydrogens is 456 g/mol. The molecule has 1 heterocycles. The first-order valence-electron chi connectivity index (χ1n) is 9.39. The number of urea groups is 1. The van der Waals surface area contributed by atoms with E-state index in [9.17, 15) is 9.59 Å². The van der Waals surface area contributed by atoms with Crippen molar-refractivity contribution in [3.05, 3.63) is 68.1 Å². The third-order valence-corrected chi connectivity index (χ3v) is 5.75. The third-order valence-electron chi connectivity index (χ3n) is 4.82. The molecule has 1 unspecified atom stereocenters. The van der Waals surface area contributed by atoms with Gasteiger partial charge in [0.1, 0.15) is 5.82 Å². The molecule has 152 valence electrons. The lowest BCUT2D eigenvalue weighted by Gasteiger charge is -2.29. The predicted octanol–water partition coefficient (Wildman–Crippen LogP) is 5.45. The van der Waals surface area contributed by atoms with Gasteiger partial charge in [-0.05, 0) is 67.0 Å². The molecule has 0 aliphatic carbocycles. The van der Waals surface area contributed by atoms with Crippen LogP contribution in [0, 0.1) is 0 Å². The summed E-state index contributed by atoms with van der Waals surface area (Å²) in [5, 5.41) is 3.87. The Morgan fingerprint density at radius 2 is 2.00 bits per heavy atom. The summed E-state index contributed by atoms with van der Waals surface area (Å²) in [7, 11) is 0. The molecule has 0 bridgehead atoms. The van der Waals surface area contributed by atoms with Gasteiger partial charge in [-0.3, -0.25) is 9.36 Å². The first-order valence-corrected chi connectivity index (χ1v) is 10.6. The second-order valence-corrected chi connectivity index (χ2v) is 7.84. The molecule has 3 rings (SSSR count). The number of aromatic nitrogens is 2. The van der Waals surface area contributed by atoms with Crippen LogP contribution in [0.2, 0.25) is 5.02 Å². The number of para-hydroxylation sites is 1. The van der Waals surface area contributed by atoms with Crippen LogP contribution in [0.4, 0.5) is 10.5 Å². The summed E-state index contributed by atoms with van der Waals surface area (Å²) < 4.78 is 2.39. The first kappa shape index (κ1) is 21.3. The molecule has 3 aromatic rings. The van der Waals surface area contributed by atoms with Crippen molar-refractivity contribution in [3.8, 4) is 0 Å².